The minimum atomic E-state index is -0.505. The topological polar surface area (TPSA) is 79.0 Å². The second kappa shape index (κ2) is 6.15. The van der Waals surface area contributed by atoms with E-state index in [-0.39, 0.29) is 5.91 Å². The molecule has 8 heteroatoms. The molecule has 0 saturated carbocycles. The predicted octanol–water partition coefficient (Wildman–Crippen LogP) is 1.57. The second-order valence-electron chi connectivity index (χ2n) is 4.07. The average Bonchev–Trinajstić information content (AvgIpc) is 2.73. The molecule has 106 valence electrons. The zero-order valence-electron chi connectivity index (χ0n) is 10.8. The molecule has 0 bridgehead atoms. The lowest BCUT2D eigenvalue weighted by Crippen LogP contribution is -2.35. The number of aryl methyl sites for hydroxylation is 1. The summed E-state index contributed by atoms with van der Waals surface area (Å²) in [4.78, 5) is 23.5. The molecule has 0 aliphatic heterocycles. The van der Waals surface area contributed by atoms with Crippen molar-refractivity contribution in [1.29, 1.82) is 0 Å². The van der Waals surface area contributed by atoms with Crippen LogP contribution in [0.2, 0.25) is 5.02 Å². The van der Waals surface area contributed by atoms with Crippen LogP contribution in [0.5, 0.6) is 0 Å². The number of anilines is 1. The summed E-state index contributed by atoms with van der Waals surface area (Å²) in [5, 5.41) is 5.43. The Labute approximate surface area is 124 Å². The average molecular weight is 315 g/mol. The molecule has 1 heterocycles. The van der Waals surface area contributed by atoms with E-state index in [4.69, 9.17) is 11.6 Å². The number of hydrogen-bond acceptors (Lipinski definition) is 4. The molecule has 0 aliphatic carbocycles. The van der Waals surface area contributed by atoms with E-state index < -0.39 is 10.9 Å². The fraction of sp³-hybridized carbons (Fsp3) is 0.250. The van der Waals surface area contributed by atoms with Crippen LogP contribution in [0.4, 0.5) is 5.69 Å². The Bertz CT molecular complexity index is 683. The third kappa shape index (κ3) is 3.23. The van der Waals surface area contributed by atoms with Crippen LogP contribution in [-0.4, -0.2) is 16.4 Å². The summed E-state index contributed by atoms with van der Waals surface area (Å²) in [6.45, 7) is 1.70. The highest BCUT2D eigenvalue weighted by molar-refractivity contribution is 8.00. The first-order valence-electron chi connectivity index (χ1n) is 5.78. The van der Waals surface area contributed by atoms with Crippen molar-refractivity contribution in [3.8, 4) is 0 Å². The normalized spacial score (nSPS) is 12.2. The summed E-state index contributed by atoms with van der Waals surface area (Å²) in [5.74, 6) is -0.247. The molecule has 2 aromatic rings. The summed E-state index contributed by atoms with van der Waals surface area (Å²) in [7, 11) is 1.63. The third-order valence-corrected chi connectivity index (χ3v) is 4.10. The van der Waals surface area contributed by atoms with E-state index in [0.29, 0.717) is 15.7 Å². The second-order valence-corrected chi connectivity index (χ2v) is 5.81. The van der Waals surface area contributed by atoms with Crippen LogP contribution in [-0.2, 0) is 11.8 Å². The van der Waals surface area contributed by atoms with E-state index in [2.05, 4.69) is 15.1 Å². The molecule has 1 amide bonds. The van der Waals surface area contributed by atoms with Crippen LogP contribution in [0, 0.1) is 0 Å². The van der Waals surface area contributed by atoms with Gasteiger partial charge in [-0.2, -0.15) is 0 Å². The lowest BCUT2D eigenvalue weighted by atomic mass is 10.3. The number of nitrogens with zero attached hydrogens (tertiary/aromatic N) is 1. The first-order chi connectivity index (χ1) is 9.49. The number of aromatic nitrogens is 2. The molecule has 0 aliphatic rings. The van der Waals surface area contributed by atoms with Gasteiger partial charge in [0.05, 0.1) is 16.0 Å². The van der Waals surface area contributed by atoms with Crippen molar-refractivity contribution in [2.24, 2.45) is 7.05 Å². The minimum absolute atomic E-state index is 0.247. The van der Waals surface area contributed by atoms with Gasteiger partial charge in [-0.05, 0) is 36.1 Å². The Hall–Kier alpha value is -1.73. The molecule has 0 radical (unpaired) electrons. The maximum atomic E-state index is 12.1. The van der Waals surface area contributed by atoms with E-state index in [9.17, 15) is 9.59 Å². The van der Waals surface area contributed by atoms with Gasteiger partial charge in [-0.1, -0.05) is 28.4 Å². The number of thioether (sulfide) groups is 1. The molecule has 1 aromatic carbocycles. The first-order valence-corrected chi connectivity index (χ1v) is 7.04. The molecular weight excluding hydrogens is 302 g/mol. The number of rotatable bonds is 4. The van der Waals surface area contributed by atoms with Gasteiger partial charge in [0.15, 0.2) is 7.05 Å². The van der Waals surface area contributed by atoms with Gasteiger partial charge >= 0.3 is 10.7 Å². The van der Waals surface area contributed by atoms with E-state index in [1.165, 1.54) is 4.68 Å². The van der Waals surface area contributed by atoms with E-state index in [0.717, 1.165) is 11.8 Å². The molecule has 2 rings (SSSR count). The number of aromatic amines is 1. The highest BCUT2D eigenvalue weighted by Gasteiger charge is 2.25. The number of halogens is 1. The molecule has 6 nitrogen and oxygen atoms in total. The summed E-state index contributed by atoms with van der Waals surface area (Å²) in [6, 6.07) is 6.96. The Morgan fingerprint density at radius 1 is 1.50 bits per heavy atom. The number of carbonyl (C=O) groups is 1. The molecule has 1 unspecified atom stereocenters. The van der Waals surface area contributed by atoms with Crippen molar-refractivity contribution < 1.29 is 14.0 Å². The fourth-order valence-corrected chi connectivity index (χ4v) is 2.49. The molecule has 0 fully saturated rings. The largest absolute Gasteiger partial charge is 0.441 e. The highest BCUT2D eigenvalue weighted by atomic mass is 35.5. The zero-order valence-corrected chi connectivity index (χ0v) is 12.4. The van der Waals surface area contributed by atoms with Gasteiger partial charge in [0.2, 0.25) is 5.91 Å². The van der Waals surface area contributed by atoms with Crippen molar-refractivity contribution >= 4 is 35.0 Å². The van der Waals surface area contributed by atoms with E-state index in [1.54, 1.807) is 38.2 Å². The van der Waals surface area contributed by atoms with Gasteiger partial charge in [-0.3, -0.25) is 9.32 Å². The Balaban J connectivity index is 2.07. The number of nitrogens with one attached hydrogen (secondary N) is 2. The summed E-state index contributed by atoms with van der Waals surface area (Å²) < 4.78 is 6.04. The maximum Gasteiger partial charge on any atom is 0.441 e. The van der Waals surface area contributed by atoms with Gasteiger partial charge in [0.25, 0.3) is 0 Å². The summed E-state index contributed by atoms with van der Waals surface area (Å²) >= 11 is 7.08. The first kappa shape index (κ1) is 14.7. The van der Waals surface area contributed by atoms with Gasteiger partial charge < -0.3 is 5.32 Å². The van der Waals surface area contributed by atoms with Crippen molar-refractivity contribution in [1.82, 2.24) is 5.27 Å². The molecule has 0 spiro atoms. The number of H-pyrrole nitrogens is 1. The third-order valence-electron chi connectivity index (χ3n) is 2.54. The van der Waals surface area contributed by atoms with Crippen LogP contribution < -0.4 is 15.6 Å². The number of hydrogen-bond donors (Lipinski definition) is 2. The zero-order chi connectivity index (χ0) is 14.7. The minimum Gasteiger partial charge on any atom is -0.324 e. The molecular formula is C12H13ClN3O3S+. The molecule has 0 saturated heterocycles. The van der Waals surface area contributed by atoms with Crippen molar-refractivity contribution in [2.45, 2.75) is 17.2 Å². The van der Waals surface area contributed by atoms with Gasteiger partial charge in [-0.25, -0.2) is 4.79 Å². The van der Waals surface area contributed by atoms with Gasteiger partial charge in [-0.15, -0.1) is 0 Å². The number of para-hydroxylation sites is 1. The number of carbonyl (C=O) groups excluding carboxylic acids is 1. The SMILES string of the molecule is CC(Sc1c(=O)o[nH][n+]1C)C(=O)Nc1ccccc1Cl. The summed E-state index contributed by atoms with van der Waals surface area (Å²) in [6.07, 6.45) is 0. The molecule has 20 heavy (non-hydrogen) atoms. The predicted molar refractivity (Wildman–Crippen MR) is 75.9 cm³/mol. The Morgan fingerprint density at radius 2 is 2.20 bits per heavy atom. The smallest absolute Gasteiger partial charge is 0.324 e. The van der Waals surface area contributed by atoms with Crippen LogP contribution in [0.25, 0.3) is 0 Å². The van der Waals surface area contributed by atoms with Crippen molar-refractivity contribution in [2.75, 3.05) is 5.32 Å². The fourth-order valence-electron chi connectivity index (χ4n) is 1.48. The van der Waals surface area contributed by atoms with Crippen LogP contribution >= 0.6 is 23.4 Å². The number of benzene rings is 1. The van der Waals surface area contributed by atoms with E-state index in [1.807, 2.05) is 0 Å². The molecule has 2 N–H and O–H groups in total. The lowest BCUT2D eigenvalue weighted by Gasteiger charge is -2.10. The van der Waals surface area contributed by atoms with Crippen molar-refractivity contribution in [3.63, 3.8) is 0 Å². The van der Waals surface area contributed by atoms with Crippen molar-refractivity contribution in [3.05, 3.63) is 39.7 Å². The standard InChI is InChI=1S/C12H12ClN3O3S/c1-7(20-11-12(18)19-15-16(11)2)10(17)14-9-6-4-3-5-8(9)13/h3-7H,1-2H3,(H-,14,15,17,18)/p+1. The van der Waals surface area contributed by atoms with Gasteiger partial charge in [0, 0.05) is 0 Å². The monoisotopic (exact) mass is 314 g/mol. The highest BCUT2D eigenvalue weighted by Crippen LogP contribution is 2.23. The van der Waals surface area contributed by atoms with Crippen LogP contribution in [0.3, 0.4) is 0 Å². The quantitative estimate of drug-likeness (QED) is 0.663. The number of amides is 1. The van der Waals surface area contributed by atoms with Gasteiger partial charge in [0.1, 0.15) is 0 Å². The Morgan fingerprint density at radius 3 is 2.80 bits per heavy atom. The van der Waals surface area contributed by atoms with Crippen LogP contribution in [0.15, 0.2) is 38.6 Å². The Kier molecular flexibility index (Phi) is 4.51. The van der Waals surface area contributed by atoms with Crippen LogP contribution in [0.1, 0.15) is 6.92 Å². The molecule has 1 aromatic heterocycles. The summed E-state index contributed by atoms with van der Waals surface area (Å²) in [5.41, 5.74) is 0.0342. The lowest BCUT2D eigenvalue weighted by molar-refractivity contribution is -0.772. The van der Waals surface area contributed by atoms with E-state index >= 15 is 0 Å². The molecule has 1 atom stereocenters. The maximum absolute atomic E-state index is 12.1.